The van der Waals surface area contributed by atoms with Crippen molar-refractivity contribution >= 4 is 47.7 Å². The number of hydrogen-bond acceptors (Lipinski definition) is 0. The Morgan fingerprint density at radius 3 is 2.12 bits per heavy atom. The largest absolute Gasteiger partial charge is 0.184 e. The van der Waals surface area contributed by atoms with E-state index in [-0.39, 0.29) is 0 Å². The van der Waals surface area contributed by atoms with Crippen molar-refractivity contribution < 1.29 is 20.8 Å². The molecule has 0 spiro atoms. The minimum atomic E-state index is -0.826. The fourth-order valence-electron chi connectivity index (χ4n) is 5.54. The predicted molar refractivity (Wildman–Crippen MR) is 177 cm³/mol. The summed E-state index contributed by atoms with van der Waals surface area (Å²) in [6.45, 7) is 4.49. The van der Waals surface area contributed by atoms with Crippen LogP contribution in [-0.2, 0) is 33.7 Å². The number of rotatable bonds is 4. The average Bonchev–Trinajstić information content (AvgIpc) is 3.64. The molecule has 1 aliphatic rings. The molecule has 0 bridgehead atoms. The van der Waals surface area contributed by atoms with Crippen molar-refractivity contribution in [1.29, 1.82) is 0 Å². The van der Waals surface area contributed by atoms with Crippen LogP contribution in [0.15, 0.2) is 121 Å². The molecular formula is C37H30Cl2SiZr. The van der Waals surface area contributed by atoms with E-state index in [1.807, 2.05) is 6.07 Å². The number of halogens is 2. The molecule has 0 aliphatic carbocycles. The molecule has 7 rings (SSSR count). The summed E-state index contributed by atoms with van der Waals surface area (Å²) in [5.41, 5.74) is 11.0. The Bertz CT molecular complexity index is 1700. The maximum absolute atomic E-state index is 4.93. The van der Waals surface area contributed by atoms with Gasteiger partial charge in [0, 0.05) is 0 Å². The first-order valence-electron chi connectivity index (χ1n) is 13.9. The van der Waals surface area contributed by atoms with E-state index in [4.69, 9.17) is 17.0 Å². The van der Waals surface area contributed by atoms with Gasteiger partial charge in [-0.25, -0.2) is 0 Å². The summed E-state index contributed by atoms with van der Waals surface area (Å²) in [7, 11) is 10.7. The van der Waals surface area contributed by atoms with E-state index in [1.54, 1.807) is 0 Å². The van der Waals surface area contributed by atoms with Gasteiger partial charge in [-0.3, -0.25) is 0 Å². The molecule has 1 heterocycles. The standard InChI is InChI=1S/C25H23.C12H7Si.2ClH.Zr/c1-3-18-10-8-9-13-23(18)25-19(4-2)14-15-21-16-22(17-24(21)25)20-11-6-5-7-12-20;1-3-7-11-9(5-1)10-6-2-4-8-12(10)13-11;;;/h5-17H,3-4H2,1-2H3;1-7H;2*1H;/q2*-1;;;+4/p-2. The fourth-order valence-corrected chi connectivity index (χ4v) is 6.85. The number of benzene rings is 5. The molecule has 1 aliphatic heterocycles. The minimum absolute atomic E-state index is 0.795. The van der Waals surface area contributed by atoms with E-state index in [1.165, 1.54) is 65.7 Å². The summed E-state index contributed by atoms with van der Waals surface area (Å²) in [5.74, 6) is 0. The van der Waals surface area contributed by atoms with E-state index < -0.39 is 20.8 Å². The molecule has 0 unspecified atom stereocenters. The summed E-state index contributed by atoms with van der Waals surface area (Å²) >= 11 is -0.826. The molecule has 0 atom stereocenters. The number of fused-ring (bicyclic) bond motifs is 4. The van der Waals surface area contributed by atoms with Gasteiger partial charge in [-0.15, -0.1) is 40.1 Å². The van der Waals surface area contributed by atoms with Crippen LogP contribution >= 0.6 is 17.0 Å². The zero-order chi connectivity index (χ0) is 28.6. The molecule has 0 saturated carbocycles. The van der Waals surface area contributed by atoms with E-state index in [0.29, 0.717) is 0 Å². The third-order valence-electron chi connectivity index (χ3n) is 7.47. The molecule has 2 radical (unpaired) electrons. The molecule has 6 aromatic carbocycles. The van der Waals surface area contributed by atoms with Crippen LogP contribution in [0, 0.1) is 6.07 Å². The second kappa shape index (κ2) is 14.5. The van der Waals surface area contributed by atoms with Crippen LogP contribution in [0.1, 0.15) is 25.0 Å². The van der Waals surface area contributed by atoms with Crippen LogP contribution in [0.2, 0.25) is 0 Å². The number of hydrogen-bond donors (Lipinski definition) is 0. The number of aryl methyl sites for hydroxylation is 2. The molecule has 0 nitrogen and oxygen atoms in total. The third-order valence-corrected chi connectivity index (χ3v) is 8.83. The van der Waals surface area contributed by atoms with Crippen LogP contribution in [0.25, 0.3) is 44.2 Å². The molecule has 4 heteroatoms. The smallest absolute Gasteiger partial charge is 0.0920 e. The Hall–Kier alpha value is -2.61. The Kier molecular flexibility index (Phi) is 10.6. The summed E-state index contributed by atoms with van der Waals surface area (Å²) < 4.78 is 0. The topological polar surface area (TPSA) is 0 Å². The van der Waals surface area contributed by atoms with Crippen LogP contribution in [0.4, 0.5) is 0 Å². The molecule has 6 aromatic rings. The predicted octanol–water partition coefficient (Wildman–Crippen LogP) is 9.52. The van der Waals surface area contributed by atoms with E-state index >= 15 is 0 Å². The van der Waals surface area contributed by atoms with Crippen LogP contribution in [0.5, 0.6) is 0 Å². The summed E-state index contributed by atoms with van der Waals surface area (Å²) in [6, 6.07) is 47.0. The first-order valence-corrected chi connectivity index (χ1v) is 21.2. The SMILES string of the molecule is CCc1ccccc1-c1c(CC)ccc2[cH-]c(-c3ccccc3)cc12.[Cl][Zr+2][Cl].[c-]1cccc2c1[Si]c1ccccc1-2. The van der Waals surface area contributed by atoms with E-state index in [2.05, 4.69) is 135 Å². The third kappa shape index (κ3) is 6.73. The van der Waals surface area contributed by atoms with Crippen molar-refractivity contribution in [2.45, 2.75) is 26.7 Å². The van der Waals surface area contributed by atoms with Gasteiger partial charge in [0.15, 0.2) is 0 Å². The zero-order valence-electron chi connectivity index (χ0n) is 23.2. The van der Waals surface area contributed by atoms with Gasteiger partial charge >= 0.3 is 37.9 Å². The second-order valence-electron chi connectivity index (χ2n) is 9.78. The van der Waals surface area contributed by atoms with Gasteiger partial charge < -0.3 is 0 Å². The molecule has 0 N–H and O–H groups in total. The Morgan fingerprint density at radius 2 is 1.37 bits per heavy atom. The van der Waals surface area contributed by atoms with Crippen molar-refractivity contribution in [2.75, 3.05) is 0 Å². The van der Waals surface area contributed by atoms with Gasteiger partial charge in [-0.1, -0.05) is 121 Å². The van der Waals surface area contributed by atoms with Crippen LogP contribution in [-0.4, -0.2) is 9.52 Å². The Morgan fingerprint density at radius 1 is 0.707 bits per heavy atom. The van der Waals surface area contributed by atoms with Crippen molar-refractivity contribution in [2.24, 2.45) is 0 Å². The molecule has 0 aromatic heterocycles. The van der Waals surface area contributed by atoms with Gasteiger partial charge in [0.25, 0.3) is 0 Å². The Labute approximate surface area is 265 Å². The molecule has 200 valence electrons. The van der Waals surface area contributed by atoms with Crippen LogP contribution in [0.3, 0.4) is 0 Å². The molecule has 0 fully saturated rings. The maximum Gasteiger partial charge on any atom is 0.0920 e. The van der Waals surface area contributed by atoms with Crippen LogP contribution < -0.4 is 10.4 Å². The fraction of sp³-hybridized carbons (Fsp3) is 0.108. The van der Waals surface area contributed by atoms with Crippen molar-refractivity contribution in [3.63, 3.8) is 0 Å². The van der Waals surface area contributed by atoms with E-state index in [9.17, 15) is 0 Å². The molecule has 0 saturated heterocycles. The molecule has 41 heavy (non-hydrogen) atoms. The van der Waals surface area contributed by atoms with Crippen molar-refractivity contribution in [3.8, 4) is 33.4 Å². The molecular weight excluding hydrogens is 635 g/mol. The monoisotopic (exact) mass is 662 g/mol. The Balaban J connectivity index is 0.000000175. The maximum atomic E-state index is 4.93. The van der Waals surface area contributed by atoms with Crippen molar-refractivity contribution in [3.05, 3.63) is 139 Å². The average molecular weight is 665 g/mol. The van der Waals surface area contributed by atoms with Gasteiger partial charge in [-0.05, 0) is 29.5 Å². The van der Waals surface area contributed by atoms with Gasteiger partial charge in [0.05, 0.1) is 9.52 Å². The first-order chi connectivity index (χ1) is 20.2. The zero-order valence-corrected chi connectivity index (χ0v) is 28.2. The van der Waals surface area contributed by atoms with Crippen molar-refractivity contribution in [1.82, 2.24) is 0 Å². The summed E-state index contributed by atoms with van der Waals surface area (Å²) in [4.78, 5) is 0. The second-order valence-corrected chi connectivity index (χ2v) is 14.8. The minimum Gasteiger partial charge on any atom is -0.184 e. The molecule has 0 amide bonds. The van der Waals surface area contributed by atoms with Gasteiger partial charge in [0.1, 0.15) is 0 Å². The van der Waals surface area contributed by atoms with Gasteiger partial charge in [0.2, 0.25) is 0 Å². The quantitative estimate of drug-likeness (QED) is 0.130. The van der Waals surface area contributed by atoms with E-state index in [0.717, 1.165) is 22.4 Å². The van der Waals surface area contributed by atoms with Gasteiger partial charge in [-0.2, -0.15) is 29.5 Å². The summed E-state index contributed by atoms with van der Waals surface area (Å²) in [5, 5.41) is 5.53. The normalized spacial score (nSPS) is 10.9. The first kappa shape index (κ1) is 29.9. The summed E-state index contributed by atoms with van der Waals surface area (Å²) in [6.07, 6.45) is 2.11.